The molecule has 0 saturated carbocycles. The molecule has 0 aliphatic rings. The van der Waals surface area contributed by atoms with Gasteiger partial charge in [-0.05, 0) is 48.7 Å². The number of likely N-dealkylation sites (N-methyl/N-ethyl adjacent to an activating group) is 1. The molecule has 0 radical (unpaired) electrons. The second-order valence-electron chi connectivity index (χ2n) is 6.27. The first-order chi connectivity index (χ1) is 12.9. The molecule has 0 spiro atoms. The van der Waals surface area contributed by atoms with Gasteiger partial charge in [-0.3, -0.25) is 9.59 Å². The van der Waals surface area contributed by atoms with Crippen molar-refractivity contribution >= 4 is 35.0 Å². The number of hydrogen-bond acceptors (Lipinski definition) is 2. The van der Waals surface area contributed by atoms with E-state index in [0.717, 1.165) is 11.1 Å². The van der Waals surface area contributed by atoms with Crippen molar-refractivity contribution in [3.8, 4) is 0 Å². The van der Waals surface area contributed by atoms with E-state index in [0.29, 0.717) is 29.6 Å². The van der Waals surface area contributed by atoms with Crippen molar-refractivity contribution in [1.82, 2.24) is 10.2 Å². The van der Waals surface area contributed by atoms with Crippen LogP contribution < -0.4 is 5.32 Å². The molecule has 1 N–H and O–H groups in total. The fourth-order valence-corrected chi connectivity index (χ4v) is 3.26. The van der Waals surface area contributed by atoms with E-state index < -0.39 is 6.04 Å². The Morgan fingerprint density at radius 3 is 2.30 bits per heavy atom. The van der Waals surface area contributed by atoms with Gasteiger partial charge in [0.2, 0.25) is 11.8 Å². The molecule has 4 nitrogen and oxygen atoms in total. The van der Waals surface area contributed by atoms with E-state index >= 15 is 0 Å². The lowest BCUT2D eigenvalue weighted by Gasteiger charge is -2.30. The van der Waals surface area contributed by atoms with Crippen molar-refractivity contribution in [3.05, 3.63) is 69.7 Å². The summed E-state index contributed by atoms with van der Waals surface area (Å²) in [5.74, 6) is -0.265. The summed E-state index contributed by atoms with van der Waals surface area (Å²) < 4.78 is 0. The Morgan fingerprint density at radius 1 is 1.00 bits per heavy atom. The molecule has 1 atom stereocenters. The molecule has 0 aliphatic carbocycles. The highest BCUT2D eigenvalue weighted by Gasteiger charge is 2.28. The standard InChI is InChI=1S/C21H24Cl2N2O2/c1-3-19(21(27)24-4-2)25(14-15-8-10-17(22)11-9-15)20(26)13-16-6-5-7-18(23)12-16/h5-12,19H,3-4,13-14H2,1-2H3,(H,24,27)/t19-/m0/s1. The Balaban J connectivity index is 2.27. The highest BCUT2D eigenvalue weighted by molar-refractivity contribution is 6.30. The van der Waals surface area contributed by atoms with Gasteiger partial charge in [0.15, 0.2) is 0 Å². The summed E-state index contributed by atoms with van der Waals surface area (Å²) in [6.45, 7) is 4.63. The third-order valence-corrected chi connectivity index (χ3v) is 4.73. The summed E-state index contributed by atoms with van der Waals surface area (Å²) in [7, 11) is 0. The number of amides is 2. The fourth-order valence-electron chi connectivity index (χ4n) is 2.92. The van der Waals surface area contributed by atoms with E-state index in [1.807, 2.05) is 38.1 Å². The second kappa shape index (κ2) is 10.3. The number of nitrogens with zero attached hydrogens (tertiary/aromatic N) is 1. The Morgan fingerprint density at radius 2 is 1.70 bits per heavy atom. The predicted octanol–water partition coefficient (Wildman–Crippen LogP) is 4.48. The Hall–Kier alpha value is -2.04. The minimum absolute atomic E-state index is 0.120. The monoisotopic (exact) mass is 406 g/mol. The third kappa shape index (κ3) is 6.26. The van der Waals surface area contributed by atoms with Crippen LogP contribution in [0.15, 0.2) is 48.5 Å². The zero-order valence-electron chi connectivity index (χ0n) is 15.5. The SMILES string of the molecule is CCNC(=O)[C@H](CC)N(Cc1ccc(Cl)cc1)C(=O)Cc1cccc(Cl)c1. The molecule has 0 bridgehead atoms. The van der Waals surface area contributed by atoms with Gasteiger partial charge in [0.05, 0.1) is 6.42 Å². The van der Waals surface area contributed by atoms with Crippen molar-refractivity contribution in [2.24, 2.45) is 0 Å². The first-order valence-corrected chi connectivity index (χ1v) is 9.76. The van der Waals surface area contributed by atoms with Gasteiger partial charge in [0.1, 0.15) is 6.04 Å². The van der Waals surface area contributed by atoms with Crippen molar-refractivity contribution in [2.75, 3.05) is 6.54 Å². The van der Waals surface area contributed by atoms with E-state index in [9.17, 15) is 9.59 Å². The lowest BCUT2D eigenvalue weighted by Crippen LogP contribution is -2.49. The lowest BCUT2D eigenvalue weighted by molar-refractivity contribution is -0.140. The van der Waals surface area contributed by atoms with Gasteiger partial charge in [-0.25, -0.2) is 0 Å². The number of nitrogens with one attached hydrogen (secondary N) is 1. The van der Waals surface area contributed by atoms with Crippen LogP contribution in [0.4, 0.5) is 0 Å². The molecule has 0 heterocycles. The normalized spacial score (nSPS) is 11.7. The quantitative estimate of drug-likeness (QED) is 0.702. The molecule has 0 saturated heterocycles. The average molecular weight is 407 g/mol. The van der Waals surface area contributed by atoms with Gasteiger partial charge in [0, 0.05) is 23.1 Å². The Kier molecular flexibility index (Phi) is 8.14. The van der Waals surface area contributed by atoms with Crippen LogP contribution in [0, 0.1) is 0 Å². The molecular weight excluding hydrogens is 383 g/mol. The van der Waals surface area contributed by atoms with Crippen molar-refractivity contribution in [3.63, 3.8) is 0 Å². The van der Waals surface area contributed by atoms with Crippen LogP contribution in [0.2, 0.25) is 10.0 Å². The molecule has 2 aromatic carbocycles. The summed E-state index contributed by atoms with van der Waals surface area (Å²) >= 11 is 12.0. The number of carbonyl (C=O) groups is 2. The molecule has 2 rings (SSSR count). The van der Waals surface area contributed by atoms with Gasteiger partial charge in [-0.2, -0.15) is 0 Å². The van der Waals surface area contributed by atoms with Crippen LogP contribution in [0.3, 0.4) is 0 Å². The number of carbonyl (C=O) groups excluding carboxylic acids is 2. The number of halogens is 2. The van der Waals surface area contributed by atoms with Gasteiger partial charge in [0.25, 0.3) is 0 Å². The fraction of sp³-hybridized carbons (Fsp3) is 0.333. The first kappa shape index (κ1) is 21.3. The van der Waals surface area contributed by atoms with Gasteiger partial charge in [-0.15, -0.1) is 0 Å². The molecule has 0 aromatic heterocycles. The molecule has 0 unspecified atom stereocenters. The van der Waals surface area contributed by atoms with E-state index in [1.165, 1.54) is 0 Å². The van der Waals surface area contributed by atoms with Gasteiger partial charge < -0.3 is 10.2 Å². The average Bonchev–Trinajstić information content (AvgIpc) is 2.63. The number of benzene rings is 2. The van der Waals surface area contributed by atoms with Gasteiger partial charge >= 0.3 is 0 Å². The minimum Gasteiger partial charge on any atom is -0.355 e. The van der Waals surface area contributed by atoms with Crippen LogP contribution in [0.25, 0.3) is 0 Å². The molecule has 27 heavy (non-hydrogen) atoms. The van der Waals surface area contributed by atoms with E-state index in [4.69, 9.17) is 23.2 Å². The second-order valence-corrected chi connectivity index (χ2v) is 7.15. The van der Waals surface area contributed by atoms with E-state index in [1.54, 1.807) is 29.2 Å². The topological polar surface area (TPSA) is 49.4 Å². The predicted molar refractivity (Wildman–Crippen MR) is 110 cm³/mol. The first-order valence-electron chi connectivity index (χ1n) is 9.00. The van der Waals surface area contributed by atoms with E-state index in [2.05, 4.69) is 5.32 Å². The summed E-state index contributed by atoms with van der Waals surface area (Å²) in [4.78, 5) is 27.2. The van der Waals surface area contributed by atoms with Crippen LogP contribution in [0.5, 0.6) is 0 Å². The molecule has 0 fully saturated rings. The molecule has 6 heteroatoms. The molecule has 2 amide bonds. The zero-order valence-corrected chi connectivity index (χ0v) is 17.1. The zero-order chi connectivity index (χ0) is 19.8. The molecule has 2 aromatic rings. The van der Waals surface area contributed by atoms with Crippen molar-refractivity contribution < 1.29 is 9.59 Å². The van der Waals surface area contributed by atoms with E-state index in [-0.39, 0.29) is 18.2 Å². The number of hydrogen-bond donors (Lipinski definition) is 1. The Labute approximate surface area is 170 Å². The maximum atomic E-state index is 13.1. The summed E-state index contributed by atoms with van der Waals surface area (Å²) in [5.41, 5.74) is 1.74. The smallest absolute Gasteiger partial charge is 0.242 e. The minimum atomic E-state index is -0.535. The largest absolute Gasteiger partial charge is 0.355 e. The Bertz CT molecular complexity index is 778. The summed E-state index contributed by atoms with van der Waals surface area (Å²) in [6, 6.07) is 14.0. The van der Waals surface area contributed by atoms with Crippen molar-refractivity contribution in [1.29, 1.82) is 0 Å². The maximum absolute atomic E-state index is 13.1. The summed E-state index contributed by atoms with van der Waals surface area (Å²) in [6.07, 6.45) is 0.713. The van der Waals surface area contributed by atoms with Crippen molar-refractivity contribution in [2.45, 2.75) is 39.3 Å². The van der Waals surface area contributed by atoms with Gasteiger partial charge in [-0.1, -0.05) is 54.4 Å². The third-order valence-electron chi connectivity index (χ3n) is 4.25. The molecule has 144 valence electrons. The van der Waals surface area contributed by atoms with Crippen LogP contribution >= 0.6 is 23.2 Å². The molecular formula is C21H24Cl2N2O2. The maximum Gasteiger partial charge on any atom is 0.242 e. The lowest BCUT2D eigenvalue weighted by atomic mass is 10.1. The highest BCUT2D eigenvalue weighted by atomic mass is 35.5. The van der Waals surface area contributed by atoms with Crippen LogP contribution in [-0.4, -0.2) is 29.3 Å². The summed E-state index contributed by atoms with van der Waals surface area (Å²) in [5, 5.41) is 4.04. The number of rotatable bonds is 8. The highest BCUT2D eigenvalue weighted by Crippen LogP contribution is 2.18. The molecule has 0 aliphatic heterocycles. The van der Waals surface area contributed by atoms with Crippen LogP contribution in [-0.2, 0) is 22.6 Å². The van der Waals surface area contributed by atoms with Crippen LogP contribution in [0.1, 0.15) is 31.4 Å².